The Bertz CT molecular complexity index is 871. The fourth-order valence-electron chi connectivity index (χ4n) is 2.67. The second-order valence-corrected chi connectivity index (χ2v) is 7.40. The van der Waals surface area contributed by atoms with Crippen LogP contribution in [0.4, 0.5) is 0 Å². The highest BCUT2D eigenvalue weighted by Gasteiger charge is 2.27. The van der Waals surface area contributed by atoms with Crippen molar-refractivity contribution in [1.82, 2.24) is 14.9 Å². The Morgan fingerprint density at radius 2 is 1.88 bits per heavy atom. The summed E-state index contributed by atoms with van der Waals surface area (Å²) in [6, 6.07) is 18.6. The van der Waals surface area contributed by atoms with Gasteiger partial charge in [0, 0.05) is 11.7 Å². The molecule has 4 nitrogen and oxygen atoms in total. The summed E-state index contributed by atoms with van der Waals surface area (Å²) < 4.78 is 2.13. The van der Waals surface area contributed by atoms with Crippen LogP contribution in [0, 0.1) is 0 Å². The predicted octanol–water partition coefficient (Wildman–Crippen LogP) is 3.78. The third-order valence-corrected chi connectivity index (χ3v) is 5.17. The first-order chi connectivity index (χ1) is 11.7. The van der Waals surface area contributed by atoms with E-state index in [-0.39, 0.29) is 11.2 Å². The first kappa shape index (κ1) is 15.3. The van der Waals surface area contributed by atoms with Crippen molar-refractivity contribution in [3.63, 3.8) is 0 Å². The molecule has 1 amide bonds. The quantitative estimate of drug-likeness (QED) is 0.721. The topological polar surface area (TPSA) is 46.9 Å². The second kappa shape index (κ2) is 6.32. The molecule has 0 radical (unpaired) electrons. The van der Waals surface area contributed by atoms with Gasteiger partial charge in [0.2, 0.25) is 5.91 Å². The smallest absolute Gasteiger partial charge is 0.233 e. The number of thioether (sulfide) groups is 1. The van der Waals surface area contributed by atoms with E-state index >= 15 is 0 Å². The van der Waals surface area contributed by atoms with Crippen LogP contribution in [0.5, 0.6) is 0 Å². The fraction of sp³-hybridized carbons (Fsp3) is 0.263. The number of carbonyl (C=O) groups is 1. The first-order valence-corrected chi connectivity index (χ1v) is 9.10. The monoisotopic (exact) mass is 337 g/mol. The Kier molecular flexibility index (Phi) is 4.02. The molecule has 1 fully saturated rings. The second-order valence-electron chi connectivity index (χ2n) is 6.10. The Hall–Kier alpha value is -2.27. The Morgan fingerprint density at radius 3 is 2.62 bits per heavy atom. The number of rotatable bonds is 5. The van der Waals surface area contributed by atoms with Crippen LogP contribution in [0.1, 0.15) is 19.8 Å². The minimum Gasteiger partial charge on any atom is -0.352 e. The van der Waals surface area contributed by atoms with E-state index in [1.807, 2.05) is 43.3 Å². The van der Waals surface area contributed by atoms with Gasteiger partial charge in [0.15, 0.2) is 5.16 Å². The lowest BCUT2D eigenvalue weighted by Crippen LogP contribution is -2.32. The third-order valence-electron chi connectivity index (χ3n) is 4.12. The Balaban J connectivity index is 1.70. The summed E-state index contributed by atoms with van der Waals surface area (Å²) >= 11 is 1.51. The van der Waals surface area contributed by atoms with Crippen LogP contribution in [-0.4, -0.2) is 26.8 Å². The molecule has 1 unspecified atom stereocenters. The van der Waals surface area contributed by atoms with Gasteiger partial charge < -0.3 is 5.32 Å². The van der Waals surface area contributed by atoms with Gasteiger partial charge in [0.25, 0.3) is 0 Å². The molecule has 0 spiro atoms. The number of carbonyl (C=O) groups excluding carboxylic acids is 1. The molecule has 122 valence electrons. The zero-order chi connectivity index (χ0) is 16.5. The molecule has 5 heteroatoms. The molecule has 1 heterocycles. The van der Waals surface area contributed by atoms with E-state index in [4.69, 9.17) is 4.98 Å². The van der Waals surface area contributed by atoms with Gasteiger partial charge in [-0.25, -0.2) is 4.98 Å². The Labute approximate surface area is 145 Å². The van der Waals surface area contributed by atoms with Crippen LogP contribution >= 0.6 is 11.8 Å². The molecule has 1 aromatic heterocycles. The third kappa shape index (κ3) is 3.04. The molecule has 1 saturated carbocycles. The van der Waals surface area contributed by atoms with E-state index in [0.717, 1.165) is 34.7 Å². The zero-order valence-electron chi connectivity index (χ0n) is 13.5. The van der Waals surface area contributed by atoms with E-state index in [0.29, 0.717) is 6.04 Å². The van der Waals surface area contributed by atoms with Crippen molar-refractivity contribution in [1.29, 1.82) is 0 Å². The van der Waals surface area contributed by atoms with Gasteiger partial charge in [-0.3, -0.25) is 9.36 Å². The van der Waals surface area contributed by atoms with Gasteiger partial charge in [-0.1, -0.05) is 42.1 Å². The lowest BCUT2D eigenvalue weighted by molar-refractivity contribution is -0.120. The molecule has 1 aliphatic carbocycles. The van der Waals surface area contributed by atoms with Crippen LogP contribution < -0.4 is 5.32 Å². The molecule has 4 rings (SSSR count). The van der Waals surface area contributed by atoms with Crippen molar-refractivity contribution in [3.8, 4) is 5.69 Å². The number of nitrogens with one attached hydrogen (secondary N) is 1. The fourth-order valence-corrected chi connectivity index (χ4v) is 3.62. The van der Waals surface area contributed by atoms with Crippen molar-refractivity contribution in [2.75, 3.05) is 0 Å². The average molecular weight is 337 g/mol. The summed E-state index contributed by atoms with van der Waals surface area (Å²) in [4.78, 5) is 17.0. The summed E-state index contributed by atoms with van der Waals surface area (Å²) in [5.41, 5.74) is 3.06. The number of hydrogen-bond donors (Lipinski definition) is 1. The molecule has 0 aliphatic heterocycles. The SMILES string of the molecule is CC(Sc1nc2ccccc2n1-c1ccccc1)C(=O)NC1CC1. The van der Waals surface area contributed by atoms with Gasteiger partial charge in [-0.05, 0) is 44.0 Å². The molecule has 2 aromatic carbocycles. The van der Waals surface area contributed by atoms with Crippen LogP contribution in [0.2, 0.25) is 0 Å². The molecule has 1 aliphatic rings. The lowest BCUT2D eigenvalue weighted by Gasteiger charge is -2.13. The lowest BCUT2D eigenvalue weighted by atomic mass is 10.3. The number of amides is 1. The normalized spacial score (nSPS) is 15.4. The summed E-state index contributed by atoms with van der Waals surface area (Å²) in [6.07, 6.45) is 2.21. The molecular formula is C19H19N3OS. The van der Waals surface area contributed by atoms with Crippen molar-refractivity contribution in [2.24, 2.45) is 0 Å². The van der Waals surface area contributed by atoms with E-state index < -0.39 is 0 Å². The maximum atomic E-state index is 12.3. The van der Waals surface area contributed by atoms with Crippen LogP contribution in [0.25, 0.3) is 16.7 Å². The largest absolute Gasteiger partial charge is 0.352 e. The number of fused-ring (bicyclic) bond motifs is 1. The van der Waals surface area contributed by atoms with Crippen LogP contribution in [-0.2, 0) is 4.79 Å². The minimum absolute atomic E-state index is 0.0918. The van der Waals surface area contributed by atoms with Gasteiger partial charge in [-0.2, -0.15) is 0 Å². The number of para-hydroxylation sites is 3. The van der Waals surface area contributed by atoms with Crippen LogP contribution in [0.3, 0.4) is 0 Å². The maximum absolute atomic E-state index is 12.3. The average Bonchev–Trinajstić information content (AvgIpc) is 3.34. The predicted molar refractivity (Wildman–Crippen MR) is 97.6 cm³/mol. The summed E-state index contributed by atoms with van der Waals surface area (Å²) in [7, 11) is 0. The van der Waals surface area contributed by atoms with Gasteiger partial charge in [-0.15, -0.1) is 0 Å². The highest BCUT2D eigenvalue weighted by atomic mass is 32.2. The van der Waals surface area contributed by atoms with Gasteiger partial charge in [0.1, 0.15) is 0 Å². The maximum Gasteiger partial charge on any atom is 0.233 e. The highest BCUT2D eigenvalue weighted by molar-refractivity contribution is 8.00. The molecule has 1 N–H and O–H groups in total. The van der Waals surface area contributed by atoms with Gasteiger partial charge >= 0.3 is 0 Å². The molecule has 3 aromatic rings. The minimum atomic E-state index is -0.176. The number of imidazole rings is 1. The molecule has 1 atom stereocenters. The van der Waals surface area contributed by atoms with E-state index in [2.05, 4.69) is 28.1 Å². The van der Waals surface area contributed by atoms with Crippen molar-refractivity contribution >= 4 is 28.7 Å². The molecule has 24 heavy (non-hydrogen) atoms. The molecular weight excluding hydrogens is 318 g/mol. The summed E-state index contributed by atoms with van der Waals surface area (Å²) in [6.45, 7) is 1.94. The van der Waals surface area contributed by atoms with Gasteiger partial charge in [0.05, 0.1) is 16.3 Å². The first-order valence-electron chi connectivity index (χ1n) is 8.22. The Morgan fingerprint density at radius 1 is 1.17 bits per heavy atom. The number of hydrogen-bond acceptors (Lipinski definition) is 3. The number of aromatic nitrogens is 2. The van der Waals surface area contributed by atoms with Crippen molar-refractivity contribution < 1.29 is 4.79 Å². The number of benzene rings is 2. The highest BCUT2D eigenvalue weighted by Crippen LogP contribution is 2.31. The van der Waals surface area contributed by atoms with E-state index in [1.165, 1.54) is 11.8 Å². The molecule has 0 saturated heterocycles. The zero-order valence-corrected chi connectivity index (χ0v) is 14.3. The van der Waals surface area contributed by atoms with Crippen molar-refractivity contribution in [3.05, 3.63) is 54.6 Å². The van der Waals surface area contributed by atoms with E-state index in [9.17, 15) is 4.79 Å². The standard InChI is InChI=1S/C19H19N3OS/c1-13(18(23)20-14-11-12-14)24-19-21-16-9-5-6-10-17(16)22(19)15-7-3-2-4-8-15/h2-10,13-14H,11-12H2,1H3,(H,20,23). The molecule has 0 bridgehead atoms. The number of nitrogens with zero attached hydrogens (tertiary/aromatic N) is 2. The summed E-state index contributed by atoms with van der Waals surface area (Å²) in [5.74, 6) is 0.0918. The van der Waals surface area contributed by atoms with Crippen molar-refractivity contribution in [2.45, 2.75) is 36.2 Å². The van der Waals surface area contributed by atoms with E-state index in [1.54, 1.807) is 0 Å². The summed E-state index contributed by atoms with van der Waals surface area (Å²) in [5, 5.41) is 3.74. The van der Waals surface area contributed by atoms with Crippen LogP contribution in [0.15, 0.2) is 59.8 Å².